The van der Waals surface area contributed by atoms with Gasteiger partial charge in [-0.25, -0.2) is 0 Å². The van der Waals surface area contributed by atoms with E-state index in [1.54, 1.807) is 12.1 Å². The molecule has 5 nitrogen and oxygen atoms in total. The zero-order chi connectivity index (χ0) is 15.5. The number of ether oxygens (including phenoxy) is 3. The molecule has 1 unspecified atom stereocenters. The van der Waals surface area contributed by atoms with Crippen molar-refractivity contribution >= 4 is 5.91 Å². The van der Waals surface area contributed by atoms with Crippen LogP contribution in [0.3, 0.4) is 0 Å². The van der Waals surface area contributed by atoms with E-state index in [0.717, 1.165) is 0 Å². The number of benzene rings is 1. The number of hydrogen-bond acceptors (Lipinski definition) is 4. The maximum absolute atomic E-state index is 12.1. The first kappa shape index (κ1) is 15.8. The monoisotopic (exact) mass is 293 g/mol. The van der Waals surface area contributed by atoms with Gasteiger partial charge < -0.3 is 19.5 Å². The Morgan fingerprint density at radius 1 is 1.48 bits per heavy atom. The molecule has 0 saturated carbocycles. The molecule has 5 heteroatoms. The Hall–Kier alpha value is -1.59. The summed E-state index contributed by atoms with van der Waals surface area (Å²) < 4.78 is 16.7. The highest BCUT2D eigenvalue weighted by Gasteiger charge is 2.32. The van der Waals surface area contributed by atoms with Crippen molar-refractivity contribution in [3.63, 3.8) is 0 Å². The quantitative estimate of drug-likeness (QED) is 0.905. The SMILES string of the molecule is CC(C)Oc1cccc(C(=O)NCC2COC(C)(C)O2)c1. The van der Waals surface area contributed by atoms with Gasteiger partial charge in [-0.1, -0.05) is 6.07 Å². The lowest BCUT2D eigenvalue weighted by Gasteiger charge is -2.17. The van der Waals surface area contributed by atoms with Crippen molar-refractivity contribution in [1.82, 2.24) is 5.32 Å². The second-order valence-corrected chi connectivity index (χ2v) is 5.86. The van der Waals surface area contributed by atoms with Crippen LogP contribution in [0.15, 0.2) is 24.3 Å². The molecule has 1 fully saturated rings. The summed E-state index contributed by atoms with van der Waals surface area (Å²) >= 11 is 0. The van der Waals surface area contributed by atoms with Crippen molar-refractivity contribution in [1.29, 1.82) is 0 Å². The van der Waals surface area contributed by atoms with Crippen LogP contribution in [0.2, 0.25) is 0 Å². The van der Waals surface area contributed by atoms with Crippen LogP contribution in [0.5, 0.6) is 5.75 Å². The summed E-state index contributed by atoms with van der Waals surface area (Å²) in [4.78, 5) is 12.1. The van der Waals surface area contributed by atoms with Gasteiger partial charge in [0.1, 0.15) is 11.9 Å². The van der Waals surface area contributed by atoms with Gasteiger partial charge in [-0.05, 0) is 45.9 Å². The van der Waals surface area contributed by atoms with E-state index < -0.39 is 5.79 Å². The normalized spacial score (nSPS) is 20.5. The van der Waals surface area contributed by atoms with Gasteiger partial charge in [0.05, 0.1) is 12.7 Å². The summed E-state index contributed by atoms with van der Waals surface area (Å²) in [6.07, 6.45) is -0.0337. The first-order valence-corrected chi connectivity index (χ1v) is 7.22. The lowest BCUT2D eigenvalue weighted by Crippen LogP contribution is -2.34. The maximum atomic E-state index is 12.1. The molecule has 0 spiro atoms. The van der Waals surface area contributed by atoms with Gasteiger partial charge in [0, 0.05) is 12.1 Å². The Kier molecular flexibility index (Phi) is 4.85. The molecule has 1 aromatic carbocycles. The molecular weight excluding hydrogens is 270 g/mol. The summed E-state index contributed by atoms with van der Waals surface area (Å²) in [6.45, 7) is 8.54. The smallest absolute Gasteiger partial charge is 0.251 e. The standard InChI is InChI=1S/C16H23NO4/c1-11(2)20-13-7-5-6-12(8-13)15(18)17-9-14-10-19-16(3,4)21-14/h5-8,11,14H,9-10H2,1-4H3,(H,17,18). The summed E-state index contributed by atoms with van der Waals surface area (Å²) in [5.74, 6) is -0.0165. The van der Waals surface area contributed by atoms with E-state index in [2.05, 4.69) is 5.32 Å². The number of hydrogen-bond donors (Lipinski definition) is 1. The molecule has 116 valence electrons. The molecule has 1 saturated heterocycles. The van der Waals surface area contributed by atoms with Gasteiger partial charge in [-0.15, -0.1) is 0 Å². The molecule has 1 aliphatic rings. The molecule has 1 atom stereocenters. The van der Waals surface area contributed by atoms with E-state index in [-0.39, 0.29) is 18.1 Å². The predicted molar refractivity (Wildman–Crippen MR) is 79.4 cm³/mol. The van der Waals surface area contributed by atoms with Crippen molar-refractivity contribution < 1.29 is 19.0 Å². The largest absolute Gasteiger partial charge is 0.491 e. The van der Waals surface area contributed by atoms with E-state index in [9.17, 15) is 4.79 Å². The van der Waals surface area contributed by atoms with E-state index >= 15 is 0 Å². The minimum absolute atomic E-state index is 0.0783. The summed E-state index contributed by atoms with van der Waals surface area (Å²) in [7, 11) is 0. The number of carbonyl (C=O) groups is 1. The fourth-order valence-electron chi connectivity index (χ4n) is 2.16. The van der Waals surface area contributed by atoms with Crippen molar-refractivity contribution in [3.05, 3.63) is 29.8 Å². The van der Waals surface area contributed by atoms with Crippen LogP contribution in [0, 0.1) is 0 Å². The van der Waals surface area contributed by atoms with Gasteiger partial charge >= 0.3 is 0 Å². The second kappa shape index (κ2) is 6.45. The van der Waals surface area contributed by atoms with Gasteiger partial charge in [-0.2, -0.15) is 0 Å². The fourth-order valence-corrected chi connectivity index (χ4v) is 2.16. The first-order valence-electron chi connectivity index (χ1n) is 7.22. The second-order valence-electron chi connectivity index (χ2n) is 5.86. The Morgan fingerprint density at radius 3 is 2.86 bits per heavy atom. The van der Waals surface area contributed by atoms with E-state index in [1.807, 2.05) is 39.8 Å². The molecule has 1 aromatic rings. The Balaban J connectivity index is 1.89. The molecule has 0 aliphatic carbocycles. The molecule has 0 aromatic heterocycles. The van der Waals surface area contributed by atoms with E-state index in [4.69, 9.17) is 14.2 Å². The third-order valence-electron chi connectivity index (χ3n) is 3.03. The van der Waals surface area contributed by atoms with Crippen molar-refractivity contribution in [2.75, 3.05) is 13.2 Å². The average Bonchev–Trinajstić information content (AvgIpc) is 2.75. The topological polar surface area (TPSA) is 56.8 Å². The van der Waals surface area contributed by atoms with Crippen molar-refractivity contribution in [3.8, 4) is 5.75 Å². The number of nitrogens with one attached hydrogen (secondary N) is 1. The molecule has 1 amide bonds. The van der Waals surface area contributed by atoms with Crippen LogP contribution < -0.4 is 10.1 Å². The molecule has 1 heterocycles. The summed E-state index contributed by atoms with van der Waals surface area (Å²) in [5.41, 5.74) is 0.575. The third kappa shape index (κ3) is 4.72. The molecule has 1 aliphatic heterocycles. The Morgan fingerprint density at radius 2 is 2.24 bits per heavy atom. The van der Waals surface area contributed by atoms with E-state index in [1.165, 1.54) is 0 Å². The highest BCUT2D eigenvalue weighted by Crippen LogP contribution is 2.21. The molecule has 0 radical (unpaired) electrons. The van der Waals surface area contributed by atoms with Crippen LogP contribution in [-0.4, -0.2) is 37.1 Å². The highest BCUT2D eigenvalue weighted by molar-refractivity contribution is 5.94. The zero-order valence-electron chi connectivity index (χ0n) is 13.0. The minimum Gasteiger partial charge on any atom is -0.491 e. The summed E-state index contributed by atoms with van der Waals surface area (Å²) in [5, 5.41) is 2.86. The lowest BCUT2D eigenvalue weighted by atomic mass is 10.2. The van der Waals surface area contributed by atoms with Crippen LogP contribution >= 0.6 is 0 Å². The third-order valence-corrected chi connectivity index (χ3v) is 3.03. The average molecular weight is 293 g/mol. The maximum Gasteiger partial charge on any atom is 0.251 e. The van der Waals surface area contributed by atoms with Gasteiger partial charge in [0.25, 0.3) is 5.91 Å². The predicted octanol–water partition coefficient (Wildman–Crippen LogP) is 2.36. The van der Waals surface area contributed by atoms with Crippen LogP contribution in [0.25, 0.3) is 0 Å². The van der Waals surface area contributed by atoms with Crippen LogP contribution in [0.1, 0.15) is 38.1 Å². The van der Waals surface area contributed by atoms with Crippen molar-refractivity contribution in [2.24, 2.45) is 0 Å². The molecular formula is C16H23NO4. The van der Waals surface area contributed by atoms with Gasteiger partial charge in [0.15, 0.2) is 5.79 Å². The first-order chi connectivity index (χ1) is 9.85. The molecule has 1 N–H and O–H groups in total. The zero-order valence-corrected chi connectivity index (χ0v) is 13.0. The Labute approximate surface area is 125 Å². The summed E-state index contributed by atoms with van der Waals surface area (Å²) in [6, 6.07) is 7.15. The molecule has 2 rings (SSSR count). The van der Waals surface area contributed by atoms with Crippen LogP contribution in [-0.2, 0) is 9.47 Å². The highest BCUT2D eigenvalue weighted by atomic mass is 16.7. The van der Waals surface area contributed by atoms with Crippen LogP contribution in [0.4, 0.5) is 0 Å². The molecule has 21 heavy (non-hydrogen) atoms. The van der Waals surface area contributed by atoms with Crippen molar-refractivity contribution in [2.45, 2.75) is 45.7 Å². The van der Waals surface area contributed by atoms with Gasteiger partial charge in [0.2, 0.25) is 0 Å². The Bertz CT molecular complexity index is 499. The van der Waals surface area contributed by atoms with E-state index in [0.29, 0.717) is 24.5 Å². The molecule has 0 bridgehead atoms. The lowest BCUT2D eigenvalue weighted by molar-refractivity contribution is -0.137. The van der Waals surface area contributed by atoms with Gasteiger partial charge in [-0.3, -0.25) is 4.79 Å². The number of amides is 1. The minimum atomic E-state index is -0.569. The number of rotatable bonds is 5. The fraction of sp³-hybridized carbons (Fsp3) is 0.562. The number of carbonyl (C=O) groups excluding carboxylic acids is 1.